The van der Waals surface area contributed by atoms with Crippen LogP contribution < -0.4 is 19.1 Å². The minimum absolute atomic E-state index is 0.0672. The van der Waals surface area contributed by atoms with Gasteiger partial charge in [-0.25, -0.2) is 0 Å². The van der Waals surface area contributed by atoms with Crippen LogP contribution >= 0.6 is 34.7 Å². The van der Waals surface area contributed by atoms with E-state index < -0.39 is 17.7 Å². The summed E-state index contributed by atoms with van der Waals surface area (Å²) < 4.78 is 17.1. The number of carbonyl (C=O) groups is 2. The second-order valence-corrected chi connectivity index (χ2v) is 11.7. The summed E-state index contributed by atoms with van der Waals surface area (Å²) in [7, 11) is 1.55. The molecule has 1 aromatic heterocycles. The molecule has 0 bridgehead atoms. The smallest absolute Gasteiger partial charge is 0.301 e. The average Bonchev–Trinajstić information content (AvgIpc) is 3.58. The molecule has 1 saturated heterocycles. The standard InChI is InChI=1S/C29H22ClN3O6S2/c1-37-20-9-4-17(5-10-20)24-23(25(34)18-6-11-21-22(14-18)39-13-12-38-21)26(35)27(36)33(24)28-31-32-29(41-28)40-15-16-2-7-19(30)8-3-16/h2-11,14,24,34H,12-13,15H2,1H3/t24-/m0/s1. The van der Waals surface area contributed by atoms with E-state index in [-0.39, 0.29) is 16.5 Å². The van der Waals surface area contributed by atoms with E-state index in [1.807, 2.05) is 24.3 Å². The number of carbonyl (C=O) groups excluding carboxylic acids is 2. The maximum Gasteiger partial charge on any atom is 0.301 e. The fourth-order valence-electron chi connectivity index (χ4n) is 4.56. The van der Waals surface area contributed by atoms with Gasteiger partial charge in [0.05, 0.1) is 18.7 Å². The number of hydrogen-bond donors (Lipinski definition) is 1. The molecule has 1 amide bonds. The van der Waals surface area contributed by atoms with Crippen molar-refractivity contribution in [1.29, 1.82) is 0 Å². The highest BCUT2D eigenvalue weighted by Gasteiger charge is 2.48. The van der Waals surface area contributed by atoms with Gasteiger partial charge in [-0.1, -0.05) is 59.0 Å². The number of fused-ring (bicyclic) bond motifs is 1. The molecule has 6 rings (SSSR count). The first-order chi connectivity index (χ1) is 19.9. The first kappa shape index (κ1) is 27.1. The molecule has 0 aliphatic carbocycles. The summed E-state index contributed by atoms with van der Waals surface area (Å²) in [5.41, 5.74) is 1.90. The van der Waals surface area contributed by atoms with Crippen molar-refractivity contribution in [2.75, 3.05) is 25.2 Å². The van der Waals surface area contributed by atoms with Gasteiger partial charge in [-0.15, -0.1) is 10.2 Å². The number of amides is 1. The number of hydrogen-bond acceptors (Lipinski definition) is 10. The van der Waals surface area contributed by atoms with Crippen LogP contribution in [0.25, 0.3) is 5.76 Å². The predicted octanol–water partition coefficient (Wildman–Crippen LogP) is 5.89. The number of ether oxygens (including phenoxy) is 3. The second-order valence-electron chi connectivity index (χ2n) is 9.07. The molecule has 0 spiro atoms. The number of halogens is 1. The number of aliphatic hydroxyl groups is 1. The molecule has 2 aliphatic heterocycles. The minimum atomic E-state index is -0.948. The van der Waals surface area contributed by atoms with Crippen LogP contribution in [0, 0.1) is 0 Å². The lowest BCUT2D eigenvalue weighted by molar-refractivity contribution is -0.132. The molecule has 0 unspecified atom stereocenters. The number of rotatable bonds is 7. The Morgan fingerprint density at radius 3 is 2.51 bits per heavy atom. The lowest BCUT2D eigenvalue weighted by atomic mass is 9.95. The van der Waals surface area contributed by atoms with Crippen molar-refractivity contribution < 1.29 is 28.9 Å². The van der Waals surface area contributed by atoms with Crippen LogP contribution in [0.5, 0.6) is 17.2 Å². The van der Waals surface area contributed by atoms with E-state index >= 15 is 0 Å². The normalized spacial score (nSPS) is 17.6. The second kappa shape index (κ2) is 11.4. The molecule has 208 valence electrons. The van der Waals surface area contributed by atoms with Crippen molar-refractivity contribution in [2.24, 2.45) is 0 Å². The van der Waals surface area contributed by atoms with Gasteiger partial charge < -0.3 is 19.3 Å². The molecule has 41 heavy (non-hydrogen) atoms. The van der Waals surface area contributed by atoms with Gasteiger partial charge in [0.25, 0.3) is 5.78 Å². The van der Waals surface area contributed by atoms with Crippen molar-refractivity contribution in [3.05, 3.63) is 94.0 Å². The zero-order valence-electron chi connectivity index (χ0n) is 21.6. The van der Waals surface area contributed by atoms with E-state index in [1.165, 1.54) is 28.0 Å². The Hall–Kier alpha value is -4.06. The van der Waals surface area contributed by atoms with Crippen LogP contribution in [-0.4, -0.2) is 47.3 Å². The largest absolute Gasteiger partial charge is 0.507 e. The number of ketones is 1. The number of nitrogens with zero attached hydrogens (tertiary/aromatic N) is 3. The van der Waals surface area contributed by atoms with Crippen LogP contribution in [0.4, 0.5) is 5.13 Å². The zero-order chi connectivity index (χ0) is 28.5. The van der Waals surface area contributed by atoms with Gasteiger partial charge >= 0.3 is 5.91 Å². The Balaban J connectivity index is 1.38. The van der Waals surface area contributed by atoms with Gasteiger partial charge in [0.1, 0.15) is 24.7 Å². The molecule has 3 heterocycles. The quantitative estimate of drug-likeness (QED) is 0.0903. The summed E-state index contributed by atoms with van der Waals surface area (Å²) in [5.74, 6) is 0.245. The van der Waals surface area contributed by atoms with Crippen molar-refractivity contribution >= 4 is 57.3 Å². The lowest BCUT2D eigenvalue weighted by Crippen LogP contribution is -2.29. The third-order valence-corrected chi connectivity index (χ3v) is 8.95. The third kappa shape index (κ3) is 5.35. The van der Waals surface area contributed by atoms with Gasteiger partial charge in [-0.05, 0) is 53.6 Å². The van der Waals surface area contributed by atoms with E-state index in [9.17, 15) is 14.7 Å². The molecule has 4 aromatic rings. The number of Topliss-reactive ketones (excluding diaryl/α,β-unsaturated/α-hetero) is 1. The minimum Gasteiger partial charge on any atom is -0.507 e. The van der Waals surface area contributed by atoms with Gasteiger partial charge in [-0.3, -0.25) is 14.5 Å². The molecule has 9 nitrogen and oxygen atoms in total. The number of thioether (sulfide) groups is 1. The first-order valence-electron chi connectivity index (χ1n) is 12.5. The molecule has 2 aliphatic rings. The molecule has 0 radical (unpaired) electrons. The molecule has 0 saturated carbocycles. The SMILES string of the molecule is COc1ccc([C@H]2C(=C(O)c3ccc4c(c3)OCCO4)C(=O)C(=O)N2c2nnc(SCc3ccc(Cl)cc3)s2)cc1. The summed E-state index contributed by atoms with van der Waals surface area (Å²) in [6, 6.07) is 18.4. The molecular formula is C29H22ClN3O6S2. The number of aliphatic hydroxyl groups excluding tert-OH is 1. The molecule has 12 heteroatoms. The fraction of sp³-hybridized carbons (Fsp3) is 0.172. The third-order valence-electron chi connectivity index (χ3n) is 6.57. The molecule has 1 fully saturated rings. The number of aromatic nitrogens is 2. The maximum atomic E-state index is 13.5. The topological polar surface area (TPSA) is 111 Å². The van der Waals surface area contributed by atoms with Gasteiger partial charge in [0.15, 0.2) is 15.8 Å². The summed E-state index contributed by atoms with van der Waals surface area (Å²) in [4.78, 5) is 28.3. The van der Waals surface area contributed by atoms with Gasteiger partial charge in [0, 0.05) is 16.3 Å². The Morgan fingerprint density at radius 2 is 1.78 bits per heavy atom. The van der Waals surface area contributed by atoms with E-state index in [1.54, 1.807) is 49.6 Å². The Labute approximate surface area is 248 Å². The average molecular weight is 608 g/mol. The molecule has 3 aromatic carbocycles. The van der Waals surface area contributed by atoms with E-state index in [0.717, 1.165) is 5.56 Å². The lowest BCUT2D eigenvalue weighted by Gasteiger charge is -2.23. The molecule has 1 N–H and O–H groups in total. The van der Waals surface area contributed by atoms with E-state index in [0.29, 0.717) is 56.7 Å². The Bertz CT molecular complexity index is 1660. The Morgan fingerprint density at radius 1 is 1.05 bits per heavy atom. The van der Waals surface area contributed by atoms with Crippen LogP contribution in [0.2, 0.25) is 5.02 Å². The van der Waals surface area contributed by atoms with Crippen LogP contribution in [0.15, 0.2) is 76.6 Å². The summed E-state index contributed by atoms with van der Waals surface area (Å²) >= 11 is 8.63. The highest BCUT2D eigenvalue weighted by Crippen LogP contribution is 2.45. The number of methoxy groups -OCH3 is 1. The van der Waals surface area contributed by atoms with E-state index in [2.05, 4.69) is 10.2 Å². The van der Waals surface area contributed by atoms with Crippen molar-refractivity contribution in [3.8, 4) is 17.2 Å². The highest BCUT2D eigenvalue weighted by atomic mass is 35.5. The summed E-state index contributed by atoms with van der Waals surface area (Å²) in [6.45, 7) is 0.783. The van der Waals surface area contributed by atoms with Crippen LogP contribution in [-0.2, 0) is 15.3 Å². The predicted molar refractivity (Wildman–Crippen MR) is 156 cm³/mol. The van der Waals surface area contributed by atoms with Gasteiger partial charge in [0.2, 0.25) is 5.13 Å². The van der Waals surface area contributed by atoms with Crippen molar-refractivity contribution in [2.45, 2.75) is 16.1 Å². The first-order valence-corrected chi connectivity index (χ1v) is 14.7. The van der Waals surface area contributed by atoms with E-state index in [4.69, 9.17) is 25.8 Å². The fourth-order valence-corrected chi connectivity index (χ4v) is 6.51. The number of anilines is 1. The molecular weight excluding hydrogens is 586 g/mol. The monoisotopic (exact) mass is 607 g/mol. The Kier molecular flexibility index (Phi) is 7.57. The van der Waals surface area contributed by atoms with Crippen molar-refractivity contribution in [1.82, 2.24) is 10.2 Å². The molecule has 1 atom stereocenters. The maximum absolute atomic E-state index is 13.5. The van der Waals surface area contributed by atoms with Crippen LogP contribution in [0.1, 0.15) is 22.7 Å². The van der Waals surface area contributed by atoms with Gasteiger partial charge in [-0.2, -0.15) is 0 Å². The zero-order valence-corrected chi connectivity index (χ0v) is 24.0. The number of benzene rings is 3. The van der Waals surface area contributed by atoms with Crippen molar-refractivity contribution in [3.63, 3.8) is 0 Å². The highest BCUT2D eigenvalue weighted by molar-refractivity contribution is 8.00. The van der Waals surface area contributed by atoms with Crippen LogP contribution in [0.3, 0.4) is 0 Å². The summed E-state index contributed by atoms with van der Waals surface area (Å²) in [5, 5.41) is 20.9. The summed E-state index contributed by atoms with van der Waals surface area (Å²) in [6.07, 6.45) is 0.